The van der Waals surface area contributed by atoms with Gasteiger partial charge in [0.25, 0.3) is 0 Å². The molecule has 112 valence electrons. The highest BCUT2D eigenvalue weighted by atomic mass is 32.2. The second kappa shape index (κ2) is 5.73. The van der Waals surface area contributed by atoms with E-state index in [-0.39, 0.29) is 16.4 Å². The molecule has 0 spiro atoms. The zero-order chi connectivity index (χ0) is 15.6. The molecule has 0 aliphatic rings. The number of nitrogen functional groups attached to an aromatic ring is 1. The molecule has 0 saturated carbocycles. The third-order valence-electron chi connectivity index (χ3n) is 3.17. The number of sulfone groups is 1. The molecule has 0 aliphatic carbocycles. The van der Waals surface area contributed by atoms with E-state index in [0.717, 1.165) is 6.26 Å². The smallest absolute Gasteiger partial charge is 0.177 e. The fourth-order valence-corrected chi connectivity index (χ4v) is 3.06. The fourth-order valence-electron chi connectivity index (χ4n) is 2.23. The largest absolute Gasteiger partial charge is 0.396 e. The van der Waals surface area contributed by atoms with Crippen molar-refractivity contribution in [3.63, 3.8) is 0 Å². The average Bonchev–Trinajstić information content (AvgIpc) is 2.40. The minimum Gasteiger partial charge on any atom is -0.396 e. The van der Waals surface area contributed by atoms with E-state index in [1.54, 1.807) is 29.2 Å². The molecule has 0 unspecified atom stereocenters. The molecule has 0 aliphatic heterocycles. The quantitative estimate of drug-likeness (QED) is 0.882. The first-order chi connectivity index (χ1) is 9.84. The van der Waals surface area contributed by atoms with Crippen LogP contribution in [0.2, 0.25) is 0 Å². The number of para-hydroxylation sites is 1. The van der Waals surface area contributed by atoms with Gasteiger partial charge in [-0.15, -0.1) is 0 Å². The van der Waals surface area contributed by atoms with Gasteiger partial charge < -0.3 is 10.6 Å². The van der Waals surface area contributed by atoms with Gasteiger partial charge in [0.2, 0.25) is 0 Å². The SMILES string of the molecule is CCN(c1cccc(F)c1)c1cccc(S(C)(=O)=O)c1N. The minimum absolute atomic E-state index is 0.0786. The molecule has 2 aromatic rings. The molecule has 0 aromatic heterocycles. The van der Waals surface area contributed by atoms with Crippen LogP contribution in [0.3, 0.4) is 0 Å². The standard InChI is InChI=1S/C15H17FN2O2S/c1-3-18(12-7-4-6-11(16)10-12)13-8-5-9-14(15(13)17)21(2,19)20/h4-10H,3,17H2,1-2H3. The molecule has 2 aromatic carbocycles. The van der Waals surface area contributed by atoms with Crippen molar-refractivity contribution in [1.82, 2.24) is 0 Å². The third-order valence-corrected chi connectivity index (χ3v) is 4.32. The predicted molar refractivity (Wildman–Crippen MR) is 83.0 cm³/mol. The van der Waals surface area contributed by atoms with Crippen LogP contribution >= 0.6 is 0 Å². The molecule has 21 heavy (non-hydrogen) atoms. The first-order valence-corrected chi connectivity index (χ1v) is 8.35. The van der Waals surface area contributed by atoms with E-state index in [4.69, 9.17) is 5.73 Å². The van der Waals surface area contributed by atoms with Gasteiger partial charge in [-0.25, -0.2) is 12.8 Å². The number of hydrogen-bond donors (Lipinski definition) is 1. The number of nitrogens with zero attached hydrogens (tertiary/aromatic N) is 1. The van der Waals surface area contributed by atoms with E-state index >= 15 is 0 Å². The Balaban J connectivity index is 2.59. The number of hydrogen-bond acceptors (Lipinski definition) is 4. The van der Waals surface area contributed by atoms with Crippen molar-refractivity contribution in [3.05, 3.63) is 48.3 Å². The summed E-state index contributed by atoms with van der Waals surface area (Å²) in [5.41, 5.74) is 7.35. The van der Waals surface area contributed by atoms with Crippen LogP contribution in [0.25, 0.3) is 0 Å². The number of benzene rings is 2. The molecule has 2 N–H and O–H groups in total. The van der Waals surface area contributed by atoms with Gasteiger partial charge in [0, 0.05) is 18.5 Å². The van der Waals surface area contributed by atoms with Crippen molar-refractivity contribution in [1.29, 1.82) is 0 Å². The Kier molecular flexibility index (Phi) is 4.18. The monoisotopic (exact) mass is 308 g/mol. The lowest BCUT2D eigenvalue weighted by molar-refractivity contribution is 0.602. The van der Waals surface area contributed by atoms with Crippen molar-refractivity contribution in [3.8, 4) is 0 Å². The normalized spacial score (nSPS) is 11.4. The maximum Gasteiger partial charge on any atom is 0.177 e. The van der Waals surface area contributed by atoms with E-state index in [1.807, 2.05) is 6.92 Å². The molecule has 0 heterocycles. The molecule has 4 nitrogen and oxygen atoms in total. The van der Waals surface area contributed by atoms with Crippen molar-refractivity contribution in [2.75, 3.05) is 23.4 Å². The molecular weight excluding hydrogens is 291 g/mol. The Morgan fingerprint density at radius 3 is 2.43 bits per heavy atom. The van der Waals surface area contributed by atoms with Gasteiger partial charge in [-0.2, -0.15) is 0 Å². The summed E-state index contributed by atoms with van der Waals surface area (Å²) >= 11 is 0. The first kappa shape index (κ1) is 15.3. The molecular formula is C15H17FN2O2S. The van der Waals surface area contributed by atoms with Gasteiger partial charge in [-0.3, -0.25) is 0 Å². The number of nitrogens with two attached hydrogens (primary N) is 1. The lowest BCUT2D eigenvalue weighted by Crippen LogP contribution is -2.18. The second-order valence-corrected chi connectivity index (χ2v) is 6.67. The molecule has 0 bridgehead atoms. The van der Waals surface area contributed by atoms with Crippen molar-refractivity contribution in [2.24, 2.45) is 0 Å². The van der Waals surface area contributed by atoms with E-state index < -0.39 is 9.84 Å². The fraction of sp³-hybridized carbons (Fsp3) is 0.200. The van der Waals surface area contributed by atoms with Gasteiger partial charge in [0.1, 0.15) is 5.82 Å². The van der Waals surface area contributed by atoms with Crippen LogP contribution in [0.15, 0.2) is 47.4 Å². The Morgan fingerprint density at radius 2 is 1.86 bits per heavy atom. The van der Waals surface area contributed by atoms with Crippen molar-refractivity contribution < 1.29 is 12.8 Å². The molecule has 2 rings (SSSR count). The number of halogens is 1. The summed E-state index contributed by atoms with van der Waals surface area (Å²) in [6, 6.07) is 10.9. The van der Waals surface area contributed by atoms with Crippen molar-refractivity contribution in [2.45, 2.75) is 11.8 Å². The number of rotatable bonds is 4. The molecule has 0 fully saturated rings. The Bertz CT molecular complexity index is 760. The average molecular weight is 308 g/mol. The molecule has 0 amide bonds. The summed E-state index contributed by atoms with van der Waals surface area (Å²) in [6.45, 7) is 2.42. The van der Waals surface area contributed by atoms with Crippen LogP contribution in [-0.2, 0) is 9.84 Å². The third kappa shape index (κ3) is 3.16. The van der Waals surface area contributed by atoms with E-state index in [1.165, 1.54) is 18.2 Å². The zero-order valence-electron chi connectivity index (χ0n) is 11.9. The zero-order valence-corrected chi connectivity index (χ0v) is 12.7. The molecule has 0 atom stereocenters. The van der Waals surface area contributed by atoms with Gasteiger partial charge in [-0.1, -0.05) is 12.1 Å². The summed E-state index contributed by atoms with van der Waals surface area (Å²) in [4.78, 5) is 1.85. The van der Waals surface area contributed by atoms with E-state index in [9.17, 15) is 12.8 Å². The Hall–Kier alpha value is -2.08. The Morgan fingerprint density at radius 1 is 1.19 bits per heavy atom. The topological polar surface area (TPSA) is 63.4 Å². The van der Waals surface area contributed by atoms with Gasteiger partial charge in [0.05, 0.1) is 16.3 Å². The van der Waals surface area contributed by atoms with E-state index in [2.05, 4.69) is 0 Å². The molecule has 6 heteroatoms. The Labute approximate surface area is 123 Å². The van der Waals surface area contributed by atoms with Gasteiger partial charge in [-0.05, 0) is 37.3 Å². The van der Waals surface area contributed by atoms with E-state index in [0.29, 0.717) is 17.9 Å². The summed E-state index contributed by atoms with van der Waals surface area (Å²) in [6.07, 6.45) is 1.11. The minimum atomic E-state index is -3.41. The van der Waals surface area contributed by atoms with Gasteiger partial charge >= 0.3 is 0 Å². The number of anilines is 3. The summed E-state index contributed by atoms with van der Waals surface area (Å²) < 4.78 is 36.9. The van der Waals surface area contributed by atoms with Crippen LogP contribution in [-0.4, -0.2) is 21.2 Å². The highest BCUT2D eigenvalue weighted by molar-refractivity contribution is 7.90. The van der Waals surface area contributed by atoms with Crippen LogP contribution in [0, 0.1) is 5.82 Å². The van der Waals surface area contributed by atoms with Gasteiger partial charge in [0.15, 0.2) is 9.84 Å². The predicted octanol–water partition coefficient (Wildman–Crippen LogP) is 2.97. The van der Waals surface area contributed by atoms with Crippen LogP contribution < -0.4 is 10.6 Å². The first-order valence-electron chi connectivity index (χ1n) is 6.46. The summed E-state index contributed by atoms with van der Waals surface area (Å²) in [5, 5.41) is 0. The lowest BCUT2D eigenvalue weighted by Gasteiger charge is -2.25. The molecule has 0 saturated heterocycles. The highest BCUT2D eigenvalue weighted by Crippen LogP contribution is 2.34. The van der Waals surface area contributed by atoms with Crippen molar-refractivity contribution >= 4 is 26.9 Å². The highest BCUT2D eigenvalue weighted by Gasteiger charge is 2.18. The van der Waals surface area contributed by atoms with Crippen LogP contribution in [0.4, 0.5) is 21.5 Å². The second-order valence-electron chi connectivity index (χ2n) is 4.69. The lowest BCUT2D eigenvalue weighted by atomic mass is 10.2. The summed E-state index contributed by atoms with van der Waals surface area (Å²) in [5.74, 6) is -0.358. The van der Waals surface area contributed by atoms with Crippen LogP contribution in [0.1, 0.15) is 6.92 Å². The van der Waals surface area contributed by atoms with Crippen LogP contribution in [0.5, 0.6) is 0 Å². The molecule has 0 radical (unpaired) electrons. The maximum atomic E-state index is 13.4. The maximum absolute atomic E-state index is 13.4. The summed E-state index contributed by atoms with van der Waals surface area (Å²) in [7, 11) is -3.41.